The van der Waals surface area contributed by atoms with E-state index in [1.807, 2.05) is 97.1 Å². The molecule has 58 heavy (non-hydrogen) atoms. The van der Waals surface area contributed by atoms with Crippen LogP contribution in [-0.2, 0) is 4.79 Å². The minimum absolute atomic E-state index is 0.130. The summed E-state index contributed by atoms with van der Waals surface area (Å²) >= 11 is 0. The van der Waals surface area contributed by atoms with E-state index in [2.05, 4.69) is 146 Å². The van der Waals surface area contributed by atoms with Crippen LogP contribution in [0.5, 0.6) is 0 Å². The van der Waals surface area contributed by atoms with Gasteiger partial charge in [0.25, 0.3) is 0 Å². The molecule has 0 unspecified atom stereocenters. The van der Waals surface area contributed by atoms with Gasteiger partial charge in [0.05, 0.1) is 25.5 Å². The molecule has 0 saturated heterocycles. The first-order valence-corrected chi connectivity index (χ1v) is 22.8. The highest BCUT2D eigenvalue weighted by atomic mass is 31.2. The highest BCUT2D eigenvalue weighted by Crippen LogP contribution is 2.51. The summed E-state index contributed by atoms with van der Waals surface area (Å²) in [7, 11) is -5.02. The summed E-state index contributed by atoms with van der Waals surface area (Å²) in [6.45, 7) is 0. The van der Waals surface area contributed by atoms with E-state index in [-0.39, 0.29) is 5.78 Å². The van der Waals surface area contributed by atoms with E-state index in [1.54, 1.807) is 12.2 Å². The van der Waals surface area contributed by atoms with Crippen molar-refractivity contribution < 1.29 is 4.79 Å². The minimum atomic E-state index is -2.51. The van der Waals surface area contributed by atoms with Gasteiger partial charge in [0.1, 0.15) is 0 Å². The van der Waals surface area contributed by atoms with E-state index in [0.29, 0.717) is 0 Å². The zero-order chi connectivity index (χ0) is 39.5. The van der Waals surface area contributed by atoms with Crippen molar-refractivity contribution in [3.05, 3.63) is 254 Å². The molecule has 0 amide bonds. The Morgan fingerprint density at radius 3 is 0.793 bits per heavy atom. The Hall–Kier alpha value is -6.63. The quantitative estimate of drug-likeness (QED) is 0.0899. The first kappa shape index (κ1) is 38.3. The first-order valence-electron chi connectivity index (χ1n) is 19.3. The number of carbonyl (C=O) groups excluding carboxylic acids is 1. The summed E-state index contributed by atoms with van der Waals surface area (Å²) in [6.07, 6.45) is 7.03. The molecule has 0 N–H and O–H groups in total. The fourth-order valence-corrected chi connectivity index (χ4v) is 14.4. The van der Waals surface area contributed by atoms with Gasteiger partial charge in [-0.25, -0.2) is 0 Å². The Morgan fingerprint density at radius 1 is 0.310 bits per heavy atom. The van der Waals surface area contributed by atoms with Crippen LogP contribution in [0.3, 0.4) is 0 Å². The van der Waals surface area contributed by atoms with Gasteiger partial charge in [0, 0.05) is 43.0 Å². The summed E-state index contributed by atoms with van der Waals surface area (Å²) in [5.74, 6) is -0.130. The highest BCUT2D eigenvalue weighted by Gasteiger charge is 2.29. The number of nitrogens with zero attached hydrogens (tertiary/aromatic N) is 2. The normalized spacial score (nSPS) is 11.7. The molecule has 3 nitrogen and oxygen atoms in total. The van der Waals surface area contributed by atoms with Crippen molar-refractivity contribution in [2.24, 2.45) is 9.49 Å². The summed E-state index contributed by atoms with van der Waals surface area (Å²) in [5.41, 5.74) is 3.39. The summed E-state index contributed by atoms with van der Waals surface area (Å²) < 4.78 is 11.4. The molecule has 5 heteroatoms. The molecule has 0 aliphatic carbocycles. The van der Waals surface area contributed by atoms with Crippen LogP contribution >= 0.6 is 14.1 Å². The van der Waals surface area contributed by atoms with Crippen molar-refractivity contribution in [2.45, 2.75) is 0 Å². The molecule has 0 saturated carbocycles. The monoisotopic (exact) mass is 784 g/mol. The molecule has 0 heterocycles. The Labute approximate surface area is 341 Å². The molecule has 0 aliphatic heterocycles. The van der Waals surface area contributed by atoms with Crippen molar-refractivity contribution >= 4 is 75.2 Å². The van der Waals surface area contributed by atoms with Crippen LogP contribution in [0.25, 0.3) is 12.2 Å². The van der Waals surface area contributed by atoms with Gasteiger partial charge < -0.3 is 0 Å². The van der Waals surface area contributed by atoms with E-state index in [0.717, 1.165) is 54.3 Å². The molecule has 8 aromatic rings. The number of carbonyl (C=O) groups is 1. The number of benzene rings is 8. The van der Waals surface area contributed by atoms with Gasteiger partial charge in [0.2, 0.25) is 0 Å². The summed E-state index contributed by atoms with van der Waals surface area (Å²) in [6, 6.07) is 79.6. The van der Waals surface area contributed by atoms with Crippen molar-refractivity contribution in [3.8, 4) is 0 Å². The van der Waals surface area contributed by atoms with Gasteiger partial charge in [0.15, 0.2) is 5.78 Å². The molecule has 0 radical (unpaired) electrons. The maximum absolute atomic E-state index is 13.7. The van der Waals surface area contributed by atoms with Crippen LogP contribution < -0.4 is 31.8 Å². The van der Waals surface area contributed by atoms with Gasteiger partial charge in [-0.3, -0.25) is 14.3 Å². The fraction of sp³-hybridized carbons (Fsp3) is 0. The highest BCUT2D eigenvalue weighted by molar-refractivity contribution is 7.88. The van der Waals surface area contributed by atoms with Crippen molar-refractivity contribution in [1.29, 1.82) is 0 Å². The second-order valence-electron chi connectivity index (χ2n) is 13.7. The smallest absolute Gasteiger partial charge is 0.178 e. The molecule has 8 aromatic carbocycles. The Bertz CT molecular complexity index is 2380. The molecule has 0 bridgehead atoms. The zero-order valence-electron chi connectivity index (χ0n) is 31.9. The lowest BCUT2D eigenvalue weighted by atomic mass is 10.1. The predicted octanol–water partition coefficient (Wildman–Crippen LogP) is 11.6. The molecular formula is C53H42N2OP2. The van der Waals surface area contributed by atoms with E-state index < -0.39 is 14.1 Å². The van der Waals surface area contributed by atoms with E-state index in [9.17, 15) is 4.79 Å². The lowest BCUT2D eigenvalue weighted by Crippen LogP contribution is -2.25. The number of allylic oxidation sites excluding steroid dienone is 2. The van der Waals surface area contributed by atoms with E-state index >= 15 is 0 Å². The van der Waals surface area contributed by atoms with Crippen molar-refractivity contribution in [3.63, 3.8) is 0 Å². The van der Waals surface area contributed by atoms with E-state index in [1.165, 1.54) is 0 Å². The number of ketones is 1. The van der Waals surface area contributed by atoms with Gasteiger partial charge >= 0.3 is 0 Å². The van der Waals surface area contributed by atoms with E-state index in [4.69, 9.17) is 9.49 Å². The molecule has 8 rings (SSSR count). The van der Waals surface area contributed by atoms with Crippen molar-refractivity contribution in [1.82, 2.24) is 0 Å². The third-order valence-corrected chi connectivity index (χ3v) is 17.3. The van der Waals surface area contributed by atoms with Crippen LogP contribution in [0.4, 0.5) is 11.4 Å². The second-order valence-corrected chi connectivity index (χ2v) is 19.7. The van der Waals surface area contributed by atoms with Gasteiger partial charge in [-0.2, -0.15) is 0 Å². The molecule has 280 valence electrons. The van der Waals surface area contributed by atoms with Crippen LogP contribution in [0.1, 0.15) is 11.1 Å². The second kappa shape index (κ2) is 18.1. The summed E-state index contributed by atoms with van der Waals surface area (Å²) in [4.78, 5) is 13.7. The average Bonchev–Trinajstić information content (AvgIpc) is 3.31. The molecule has 0 fully saturated rings. The van der Waals surface area contributed by atoms with Gasteiger partial charge in [-0.05, 0) is 36.4 Å². The largest absolute Gasteiger partial charge is 0.290 e. The average molecular weight is 785 g/mol. The molecule has 0 spiro atoms. The van der Waals surface area contributed by atoms with Crippen LogP contribution in [0.2, 0.25) is 0 Å². The van der Waals surface area contributed by atoms with Gasteiger partial charge in [-0.1, -0.05) is 218 Å². The minimum Gasteiger partial charge on any atom is -0.290 e. The molecule has 0 atom stereocenters. The number of hydrogen-bond acceptors (Lipinski definition) is 3. The number of hydrogen-bond donors (Lipinski definition) is 0. The standard InChI is InChI=1S/C53H42N2OP2/c56-45(41-39-43-23-19-21-37-52(43)54-57(46-25-7-1-8-26-46,47-27-9-2-10-28-47)48-29-11-3-12-30-48)42-40-44-24-20-22-38-53(44)55-58(49-31-13-4-14-32-49,50-33-15-5-16-34-50)51-35-17-6-18-36-51/h1-42H/b41-39+,42-40+. The fourth-order valence-electron chi connectivity index (χ4n) is 7.26. The lowest BCUT2D eigenvalue weighted by molar-refractivity contribution is -0.110. The lowest BCUT2D eigenvalue weighted by Gasteiger charge is -2.27. The Balaban J connectivity index is 1.19. The third-order valence-electron chi connectivity index (χ3n) is 10.0. The molecule has 0 aromatic heterocycles. The maximum Gasteiger partial charge on any atom is 0.178 e. The van der Waals surface area contributed by atoms with Gasteiger partial charge in [-0.15, -0.1) is 0 Å². The predicted molar refractivity (Wildman–Crippen MR) is 250 cm³/mol. The topological polar surface area (TPSA) is 41.8 Å². The van der Waals surface area contributed by atoms with Crippen LogP contribution in [0.15, 0.2) is 252 Å². The molecular weight excluding hydrogens is 743 g/mol. The van der Waals surface area contributed by atoms with Crippen LogP contribution in [0, 0.1) is 0 Å². The maximum atomic E-state index is 13.7. The first-order chi connectivity index (χ1) is 28.7. The zero-order valence-corrected chi connectivity index (χ0v) is 33.7. The Morgan fingerprint density at radius 2 is 0.534 bits per heavy atom. The SMILES string of the molecule is O=C(/C=C/c1ccccc1N=P(c1ccccc1)(c1ccccc1)c1ccccc1)/C=C/c1ccccc1N=P(c1ccccc1)(c1ccccc1)c1ccccc1. The van der Waals surface area contributed by atoms with Crippen LogP contribution in [-0.4, -0.2) is 5.78 Å². The number of rotatable bonds is 12. The Kier molecular flexibility index (Phi) is 11.9. The molecule has 0 aliphatic rings. The third kappa shape index (κ3) is 8.11. The summed E-state index contributed by atoms with van der Waals surface area (Å²) in [5, 5.41) is 6.96. The van der Waals surface area contributed by atoms with Crippen molar-refractivity contribution in [2.75, 3.05) is 0 Å².